The van der Waals surface area contributed by atoms with E-state index in [1.54, 1.807) is 6.20 Å². The van der Waals surface area contributed by atoms with Gasteiger partial charge in [-0.15, -0.1) is 0 Å². The normalized spacial score (nSPS) is 18.2. The quantitative estimate of drug-likeness (QED) is 0.841. The van der Waals surface area contributed by atoms with Crippen LogP contribution >= 0.6 is 0 Å². The molecule has 0 N–H and O–H groups in total. The molecular formula is C20H23N3O2. The predicted molar refractivity (Wildman–Crippen MR) is 95.5 cm³/mol. The molecule has 2 fully saturated rings. The summed E-state index contributed by atoms with van der Waals surface area (Å²) < 4.78 is 6.04. The SMILES string of the molecule is O=C(c1cccc(OC2CN(Cc3cccnc3)C2)c1)N1CCCC1. The number of benzene rings is 1. The van der Waals surface area contributed by atoms with Gasteiger partial charge in [-0.1, -0.05) is 12.1 Å². The molecule has 130 valence electrons. The number of aromatic nitrogens is 1. The standard InChI is InChI=1S/C20H23N3O2/c24-20(23-9-1-2-10-23)17-6-3-7-18(11-17)25-19-14-22(15-19)13-16-5-4-8-21-12-16/h3-8,11-12,19H,1-2,9-10,13-15H2. The Hall–Kier alpha value is -2.40. The Morgan fingerprint density at radius 1 is 1.16 bits per heavy atom. The van der Waals surface area contributed by atoms with Gasteiger partial charge in [0.15, 0.2) is 0 Å². The first-order chi connectivity index (χ1) is 12.3. The number of ether oxygens (including phenoxy) is 1. The van der Waals surface area contributed by atoms with E-state index in [0.29, 0.717) is 0 Å². The molecule has 0 spiro atoms. The van der Waals surface area contributed by atoms with Crippen molar-refractivity contribution in [2.45, 2.75) is 25.5 Å². The molecule has 2 aliphatic rings. The van der Waals surface area contributed by atoms with Crippen molar-refractivity contribution in [3.05, 3.63) is 59.9 Å². The van der Waals surface area contributed by atoms with Crippen molar-refractivity contribution in [2.24, 2.45) is 0 Å². The van der Waals surface area contributed by atoms with Gasteiger partial charge >= 0.3 is 0 Å². The summed E-state index contributed by atoms with van der Waals surface area (Å²) in [6, 6.07) is 11.7. The minimum Gasteiger partial charge on any atom is -0.488 e. The molecule has 0 saturated carbocycles. The van der Waals surface area contributed by atoms with E-state index in [1.165, 1.54) is 5.56 Å². The van der Waals surface area contributed by atoms with Gasteiger partial charge in [0.1, 0.15) is 11.9 Å². The first kappa shape index (κ1) is 16.1. The molecule has 0 bridgehead atoms. The highest BCUT2D eigenvalue weighted by Gasteiger charge is 2.28. The minimum absolute atomic E-state index is 0.120. The average Bonchev–Trinajstić information content (AvgIpc) is 3.15. The largest absolute Gasteiger partial charge is 0.488 e. The number of likely N-dealkylation sites (tertiary alicyclic amines) is 2. The highest BCUT2D eigenvalue weighted by molar-refractivity contribution is 5.94. The minimum atomic E-state index is 0.120. The van der Waals surface area contributed by atoms with E-state index in [2.05, 4.69) is 16.0 Å². The van der Waals surface area contributed by atoms with E-state index < -0.39 is 0 Å². The van der Waals surface area contributed by atoms with Crippen LogP contribution in [0, 0.1) is 0 Å². The van der Waals surface area contributed by atoms with Gasteiger partial charge in [0, 0.05) is 50.7 Å². The Bertz CT molecular complexity index is 723. The molecule has 2 aliphatic heterocycles. The van der Waals surface area contributed by atoms with Gasteiger partial charge < -0.3 is 9.64 Å². The predicted octanol–water partition coefficient (Wildman–Crippen LogP) is 2.58. The molecule has 0 aliphatic carbocycles. The van der Waals surface area contributed by atoms with Crippen LogP contribution in [0.3, 0.4) is 0 Å². The molecule has 2 saturated heterocycles. The summed E-state index contributed by atoms with van der Waals surface area (Å²) in [7, 11) is 0. The molecule has 0 atom stereocenters. The van der Waals surface area contributed by atoms with Crippen LogP contribution in [0.25, 0.3) is 0 Å². The Morgan fingerprint density at radius 3 is 2.76 bits per heavy atom. The van der Waals surface area contributed by atoms with E-state index in [4.69, 9.17) is 4.74 Å². The molecule has 4 rings (SSSR count). The smallest absolute Gasteiger partial charge is 0.253 e. The maximum Gasteiger partial charge on any atom is 0.253 e. The van der Waals surface area contributed by atoms with Crippen LogP contribution in [0.1, 0.15) is 28.8 Å². The van der Waals surface area contributed by atoms with Crippen LogP contribution < -0.4 is 4.74 Å². The monoisotopic (exact) mass is 337 g/mol. The zero-order valence-corrected chi connectivity index (χ0v) is 14.3. The van der Waals surface area contributed by atoms with Gasteiger partial charge in [-0.3, -0.25) is 14.7 Å². The van der Waals surface area contributed by atoms with E-state index >= 15 is 0 Å². The fourth-order valence-electron chi connectivity index (χ4n) is 3.47. The molecule has 1 amide bonds. The summed E-state index contributed by atoms with van der Waals surface area (Å²) in [5.74, 6) is 0.908. The van der Waals surface area contributed by atoms with Crippen LogP contribution in [-0.4, -0.2) is 53.0 Å². The molecule has 1 aromatic carbocycles. The lowest BCUT2D eigenvalue weighted by molar-refractivity contribution is 0.0144. The van der Waals surface area contributed by atoms with E-state index in [-0.39, 0.29) is 12.0 Å². The molecule has 5 nitrogen and oxygen atoms in total. The molecule has 5 heteroatoms. The van der Waals surface area contributed by atoms with E-state index in [9.17, 15) is 4.79 Å². The Balaban J connectivity index is 1.30. The fourth-order valence-corrected chi connectivity index (χ4v) is 3.47. The third-order valence-electron chi connectivity index (χ3n) is 4.83. The Kier molecular flexibility index (Phi) is 4.65. The van der Waals surface area contributed by atoms with Gasteiger partial charge in [0.05, 0.1) is 0 Å². The highest BCUT2D eigenvalue weighted by atomic mass is 16.5. The third-order valence-corrected chi connectivity index (χ3v) is 4.83. The first-order valence-electron chi connectivity index (χ1n) is 8.95. The number of amides is 1. The molecule has 0 unspecified atom stereocenters. The van der Waals surface area contributed by atoms with Crippen LogP contribution in [0.2, 0.25) is 0 Å². The van der Waals surface area contributed by atoms with Crippen LogP contribution in [0.5, 0.6) is 5.75 Å². The molecule has 2 aromatic rings. The number of carbonyl (C=O) groups excluding carboxylic acids is 1. The van der Waals surface area contributed by atoms with Crippen LogP contribution in [0.4, 0.5) is 0 Å². The van der Waals surface area contributed by atoms with Gasteiger partial charge in [-0.05, 0) is 42.7 Å². The second-order valence-electron chi connectivity index (χ2n) is 6.82. The summed E-state index contributed by atoms with van der Waals surface area (Å²) in [5, 5.41) is 0. The number of hydrogen-bond donors (Lipinski definition) is 0. The maximum atomic E-state index is 12.5. The lowest BCUT2D eigenvalue weighted by Crippen LogP contribution is -2.53. The molecule has 25 heavy (non-hydrogen) atoms. The first-order valence-corrected chi connectivity index (χ1v) is 8.95. The third kappa shape index (κ3) is 3.82. The maximum absolute atomic E-state index is 12.5. The Morgan fingerprint density at radius 2 is 2.00 bits per heavy atom. The summed E-state index contributed by atoms with van der Waals surface area (Å²) in [5.41, 5.74) is 1.95. The Labute approximate surface area is 148 Å². The van der Waals surface area contributed by atoms with Gasteiger partial charge in [-0.25, -0.2) is 0 Å². The lowest BCUT2D eigenvalue weighted by atomic mass is 10.1. The second kappa shape index (κ2) is 7.23. The van der Waals surface area contributed by atoms with Crippen molar-refractivity contribution in [1.29, 1.82) is 0 Å². The van der Waals surface area contributed by atoms with Crippen molar-refractivity contribution >= 4 is 5.91 Å². The van der Waals surface area contributed by atoms with Crippen molar-refractivity contribution in [2.75, 3.05) is 26.2 Å². The topological polar surface area (TPSA) is 45.7 Å². The number of carbonyl (C=O) groups is 1. The zero-order valence-electron chi connectivity index (χ0n) is 14.3. The van der Waals surface area contributed by atoms with E-state index in [1.807, 2.05) is 41.4 Å². The van der Waals surface area contributed by atoms with E-state index in [0.717, 1.165) is 56.9 Å². The summed E-state index contributed by atoms with van der Waals surface area (Å²) in [4.78, 5) is 20.9. The van der Waals surface area contributed by atoms with Crippen molar-refractivity contribution in [3.63, 3.8) is 0 Å². The van der Waals surface area contributed by atoms with Crippen molar-refractivity contribution < 1.29 is 9.53 Å². The van der Waals surface area contributed by atoms with Crippen LogP contribution in [-0.2, 0) is 6.54 Å². The molecular weight excluding hydrogens is 314 g/mol. The molecule has 1 aromatic heterocycles. The van der Waals surface area contributed by atoms with Gasteiger partial charge in [0.2, 0.25) is 0 Å². The summed E-state index contributed by atoms with van der Waals surface area (Å²) >= 11 is 0. The van der Waals surface area contributed by atoms with Gasteiger partial charge in [-0.2, -0.15) is 0 Å². The highest BCUT2D eigenvalue weighted by Crippen LogP contribution is 2.22. The number of hydrogen-bond acceptors (Lipinski definition) is 4. The number of pyridine rings is 1. The summed E-state index contributed by atoms with van der Waals surface area (Å²) in [6.45, 7) is 4.45. The zero-order chi connectivity index (χ0) is 17.1. The lowest BCUT2D eigenvalue weighted by Gasteiger charge is -2.39. The number of rotatable bonds is 5. The van der Waals surface area contributed by atoms with Crippen LogP contribution in [0.15, 0.2) is 48.8 Å². The second-order valence-corrected chi connectivity index (χ2v) is 6.82. The molecule has 0 radical (unpaired) electrons. The van der Waals surface area contributed by atoms with Crippen molar-refractivity contribution in [3.8, 4) is 5.75 Å². The summed E-state index contributed by atoms with van der Waals surface area (Å²) in [6.07, 6.45) is 6.10. The van der Waals surface area contributed by atoms with Gasteiger partial charge in [0.25, 0.3) is 5.91 Å². The number of nitrogens with zero attached hydrogens (tertiary/aromatic N) is 3. The van der Waals surface area contributed by atoms with Crippen molar-refractivity contribution in [1.82, 2.24) is 14.8 Å². The molecule has 3 heterocycles. The fraction of sp³-hybridized carbons (Fsp3) is 0.400. The average molecular weight is 337 g/mol.